The van der Waals surface area contributed by atoms with Crippen LogP contribution in [0, 0.1) is 11.7 Å². The third kappa shape index (κ3) is 6.52. The summed E-state index contributed by atoms with van der Waals surface area (Å²) in [7, 11) is 1.43. The summed E-state index contributed by atoms with van der Waals surface area (Å²) in [6.07, 6.45) is -2.21. The predicted molar refractivity (Wildman–Crippen MR) is 117 cm³/mol. The van der Waals surface area contributed by atoms with Crippen LogP contribution in [0.4, 0.5) is 29.3 Å². The molecule has 1 aliphatic heterocycles. The fourth-order valence-electron chi connectivity index (χ4n) is 3.70. The molecule has 1 saturated carbocycles. The number of nitrogens with zero attached hydrogens (tertiary/aromatic N) is 3. The Morgan fingerprint density at radius 1 is 1.29 bits per heavy atom. The molecule has 0 aromatic heterocycles. The first-order valence-corrected chi connectivity index (χ1v) is 11.2. The number of benzene rings is 1. The third-order valence-corrected chi connectivity index (χ3v) is 5.77. The Morgan fingerprint density at radius 2 is 2.03 bits per heavy atom. The van der Waals surface area contributed by atoms with Crippen molar-refractivity contribution in [1.82, 2.24) is 10.4 Å². The molecular weight excluding hydrogens is 457 g/mol. The van der Waals surface area contributed by atoms with Gasteiger partial charge in [0, 0.05) is 19.5 Å². The number of rotatable bonds is 12. The summed E-state index contributed by atoms with van der Waals surface area (Å²) in [5, 5.41) is 3.29. The molecule has 2 fully saturated rings. The molecule has 0 bridgehead atoms. The highest BCUT2D eigenvalue weighted by Crippen LogP contribution is 2.33. The van der Waals surface area contributed by atoms with Gasteiger partial charge in [-0.1, -0.05) is 0 Å². The summed E-state index contributed by atoms with van der Waals surface area (Å²) in [6, 6.07) is 4.26. The van der Waals surface area contributed by atoms with Crippen molar-refractivity contribution in [3.63, 3.8) is 0 Å². The van der Waals surface area contributed by atoms with Gasteiger partial charge in [-0.2, -0.15) is 8.78 Å². The van der Waals surface area contributed by atoms with E-state index in [0.717, 1.165) is 12.8 Å². The Morgan fingerprint density at radius 3 is 2.62 bits per heavy atom. The maximum absolute atomic E-state index is 15.0. The zero-order chi connectivity index (χ0) is 24.8. The van der Waals surface area contributed by atoms with Gasteiger partial charge < -0.3 is 15.0 Å². The summed E-state index contributed by atoms with van der Waals surface area (Å²) in [5.74, 6) is -1.70. The van der Waals surface area contributed by atoms with E-state index in [4.69, 9.17) is 9.57 Å². The van der Waals surface area contributed by atoms with Crippen LogP contribution in [0.1, 0.15) is 26.2 Å². The van der Waals surface area contributed by atoms with Crippen LogP contribution in [-0.2, 0) is 19.2 Å². The number of halogens is 3. The molecule has 0 unspecified atom stereocenters. The molecule has 1 aliphatic carbocycles. The lowest BCUT2D eigenvalue weighted by Gasteiger charge is -2.28. The number of nitrogens with one attached hydrogen (secondary N) is 1. The van der Waals surface area contributed by atoms with Crippen molar-refractivity contribution in [2.45, 2.75) is 38.7 Å². The van der Waals surface area contributed by atoms with Gasteiger partial charge in [-0.05, 0) is 43.9 Å². The molecule has 1 atom stereocenters. The molecule has 0 radical (unpaired) electrons. The van der Waals surface area contributed by atoms with Crippen molar-refractivity contribution in [2.24, 2.45) is 5.92 Å². The van der Waals surface area contributed by atoms with Crippen molar-refractivity contribution >= 4 is 29.3 Å². The van der Waals surface area contributed by atoms with Crippen LogP contribution >= 0.6 is 0 Å². The number of carbonyl (C=O) groups excluding carboxylic acids is 3. The minimum Gasteiger partial charge on any atom is -0.442 e. The number of hydrogen-bond acceptors (Lipinski definition) is 6. The van der Waals surface area contributed by atoms with E-state index in [9.17, 15) is 27.6 Å². The van der Waals surface area contributed by atoms with Gasteiger partial charge in [-0.25, -0.2) is 14.2 Å². The summed E-state index contributed by atoms with van der Waals surface area (Å²) in [5.41, 5.74) is 0.536. The molecule has 2 aliphatic rings. The Balaban J connectivity index is 1.59. The van der Waals surface area contributed by atoms with Crippen LogP contribution in [0.25, 0.3) is 0 Å². The first kappa shape index (κ1) is 25.6. The molecule has 1 saturated heterocycles. The van der Waals surface area contributed by atoms with E-state index in [1.54, 1.807) is 11.0 Å². The monoisotopic (exact) mass is 486 g/mol. The number of alkyl halides is 2. The lowest BCUT2D eigenvalue weighted by molar-refractivity contribution is -0.175. The highest BCUT2D eigenvalue weighted by Gasteiger charge is 2.33. The SMILES string of the molecule is CCN(CCN(OC)C(=O)CC1CC1)c1ccc(N2C[C@H](CNC(=O)C(F)F)OC2=O)cc1F. The van der Waals surface area contributed by atoms with Crippen molar-refractivity contribution in [1.29, 1.82) is 0 Å². The van der Waals surface area contributed by atoms with Crippen LogP contribution in [0.2, 0.25) is 0 Å². The molecule has 1 N–H and O–H groups in total. The zero-order valence-corrected chi connectivity index (χ0v) is 19.1. The van der Waals surface area contributed by atoms with Crippen LogP contribution < -0.4 is 15.1 Å². The van der Waals surface area contributed by atoms with Crippen molar-refractivity contribution in [2.75, 3.05) is 49.6 Å². The molecule has 3 rings (SSSR count). The van der Waals surface area contributed by atoms with Gasteiger partial charge in [0.1, 0.15) is 11.9 Å². The summed E-state index contributed by atoms with van der Waals surface area (Å²) >= 11 is 0. The number of hydroxylamine groups is 2. The molecule has 1 aromatic carbocycles. The second kappa shape index (κ2) is 11.4. The number of ether oxygens (including phenoxy) is 1. The lowest BCUT2D eigenvalue weighted by Crippen LogP contribution is -2.38. The number of cyclic esters (lactones) is 1. The number of carbonyl (C=O) groups is 3. The number of anilines is 2. The number of amides is 3. The molecule has 1 heterocycles. The zero-order valence-electron chi connectivity index (χ0n) is 19.1. The van der Waals surface area contributed by atoms with E-state index >= 15 is 0 Å². The summed E-state index contributed by atoms with van der Waals surface area (Å²) in [6.45, 7) is 2.64. The fraction of sp³-hybridized carbons (Fsp3) is 0.591. The largest absolute Gasteiger partial charge is 0.442 e. The predicted octanol–water partition coefficient (Wildman–Crippen LogP) is 2.55. The molecule has 3 amide bonds. The summed E-state index contributed by atoms with van der Waals surface area (Å²) in [4.78, 5) is 43.6. The molecule has 34 heavy (non-hydrogen) atoms. The number of hydrogen-bond donors (Lipinski definition) is 1. The maximum atomic E-state index is 15.0. The molecule has 12 heteroatoms. The van der Waals surface area contributed by atoms with Gasteiger partial charge in [0.25, 0.3) is 5.91 Å². The minimum absolute atomic E-state index is 0.0233. The highest BCUT2D eigenvalue weighted by atomic mass is 19.3. The van der Waals surface area contributed by atoms with Gasteiger partial charge in [-0.3, -0.25) is 19.3 Å². The Bertz CT molecular complexity index is 899. The second-order valence-electron chi connectivity index (χ2n) is 8.20. The molecule has 9 nitrogen and oxygen atoms in total. The average molecular weight is 486 g/mol. The minimum atomic E-state index is -3.16. The molecule has 188 valence electrons. The maximum Gasteiger partial charge on any atom is 0.414 e. The fourth-order valence-corrected chi connectivity index (χ4v) is 3.70. The quantitative estimate of drug-likeness (QED) is 0.457. The van der Waals surface area contributed by atoms with E-state index in [0.29, 0.717) is 31.1 Å². The van der Waals surface area contributed by atoms with Crippen molar-refractivity contribution in [3.8, 4) is 0 Å². The van der Waals surface area contributed by atoms with Gasteiger partial charge in [-0.15, -0.1) is 0 Å². The first-order valence-electron chi connectivity index (χ1n) is 11.2. The van der Waals surface area contributed by atoms with Crippen LogP contribution in [0.5, 0.6) is 0 Å². The number of likely N-dealkylation sites (N-methyl/N-ethyl adjacent to an activating group) is 1. The molecular formula is C22H29F3N4O5. The topological polar surface area (TPSA) is 91.4 Å². The van der Waals surface area contributed by atoms with Gasteiger partial charge in [0.15, 0.2) is 0 Å². The van der Waals surface area contributed by atoms with Gasteiger partial charge in [0.2, 0.25) is 5.91 Å². The van der Waals surface area contributed by atoms with E-state index in [-0.39, 0.29) is 31.2 Å². The van der Waals surface area contributed by atoms with Crippen molar-refractivity contribution < 1.29 is 37.1 Å². The standard InChI is InChI=1S/C22H29F3N4O5/c1-3-27(8-9-29(33-2)19(30)10-14-4-5-14)18-7-6-15(11-17(18)23)28-13-16(34-22(28)32)12-26-21(31)20(24)25/h6-7,11,14,16,20H,3-5,8-10,12-13H2,1-2H3,(H,26,31)/t16-/m0/s1. The highest BCUT2D eigenvalue weighted by molar-refractivity contribution is 5.90. The normalized spacial score (nSPS) is 17.6. The van der Waals surface area contributed by atoms with E-state index in [2.05, 4.69) is 0 Å². The first-order chi connectivity index (χ1) is 16.2. The Labute approximate surface area is 195 Å². The lowest BCUT2D eigenvalue weighted by atomic mass is 10.2. The molecule has 1 aromatic rings. The third-order valence-electron chi connectivity index (χ3n) is 5.77. The Hall–Kier alpha value is -3.02. The van der Waals surface area contributed by atoms with Crippen LogP contribution in [-0.4, -0.2) is 75.3 Å². The van der Waals surface area contributed by atoms with E-state index in [1.807, 2.05) is 12.2 Å². The average Bonchev–Trinajstić information content (AvgIpc) is 3.54. The van der Waals surface area contributed by atoms with Crippen molar-refractivity contribution in [3.05, 3.63) is 24.0 Å². The van der Waals surface area contributed by atoms with Gasteiger partial charge in [0.05, 0.1) is 38.1 Å². The van der Waals surface area contributed by atoms with Gasteiger partial charge >= 0.3 is 12.5 Å². The second-order valence-corrected chi connectivity index (χ2v) is 8.20. The smallest absolute Gasteiger partial charge is 0.414 e. The van der Waals surface area contributed by atoms with Crippen LogP contribution in [0.3, 0.4) is 0 Å². The van der Waals surface area contributed by atoms with Crippen LogP contribution in [0.15, 0.2) is 18.2 Å². The summed E-state index contributed by atoms with van der Waals surface area (Å²) < 4.78 is 44.7. The van der Waals surface area contributed by atoms with E-state index in [1.165, 1.54) is 29.2 Å². The molecule has 0 spiro atoms. The van der Waals surface area contributed by atoms with E-state index < -0.39 is 30.3 Å². The Kier molecular flexibility index (Phi) is 8.59.